The first kappa shape index (κ1) is 26.6. The molecule has 0 radical (unpaired) electrons. The lowest BCUT2D eigenvalue weighted by Crippen LogP contribution is -2.48. The number of hydrogen-bond donors (Lipinski definition) is 1. The van der Waals surface area contributed by atoms with Gasteiger partial charge in [0.1, 0.15) is 11.5 Å². The molecule has 0 saturated carbocycles. The van der Waals surface area contributed by atoms with Crippen LogP contribution in [0.15, 0.2) is 36.4 Å². The zero-order valence-electron chi connectivity index (χ0n) is 20.7. The molecule has 0 spiro atoms. The van der Waals surface area contributed by atoms with Crippen LogP contribution in [0.2, 0.25) is 0 Å². The van der Waals surface area contributed by atoms with Crippen molar-refractivity contribution in [3.8, 4) is 0 Å². The summed E-state index contributed by atoms with van der Waals surface area (Å²) in [6.07, 6.45) is -2.36. The van der Waals surface area contributed by atoms with Crippen LogP contribution in [-0.4, -0.2) is 77.5 Å². The molecule has 3 heterocycles. The summed E-state index contributed by atoms with van der Waals surface area (Å²) in [5.41, 5.74) is 0.486. The first-order valence-corrected chi connectivity index (χ1v) is 12.4. The fourth-order valence-corrected chi connectivity index (χ4v) is 4.81. The smallest absolute Gasteiger partial charge is 0.369 e. The van der Waals surface area contributed by atoms with Gasteiger partial charge in [0.05, 0.1) is 10.5 Å². The Hall–Kier alpha value is -3.41. The molecule has 2 fully saturated rings. The van der Waals surface area contributed by atoms with Gasteiger partial charge in [-0.25, -0.2) is 4.98 Å². The number of alkyl halides is 3. The van der Waals surface area contributed by atoms with E-state index in [-0.39, 0.29) is 17.6 Å². The van der Waals surface area contributed by atoms with E-state index >= 15 is 0 Å². The number of aryl methyl sites for hydroxylation is 1. The highest BCUT2D eigenvalue weighted by Crippen LogP contribution is 2.30. The average Bonchev–Trinajstić information content (AvgIpc) is 2.87. The average molecular weight is 521 g/mol. The largest absolute Gasteiger partial charge is 0.416 e. The van der Waals surface area contributed by atoms with E-state index in [0.29, 0.717) is 50.7 Å². The van der Waals surface area contributed by atoms with Gasteiger partial charge in [-0.3, -0.25) is 19.8 Å². The first-order chi connectivity index (χ1) is 17.6. The Morgan fingerprint density at radius 3 is 2.27 bits per heavy atom. The van der Waals surface area contributed by atoms with Gasteiger partial charge >= 0.3 is 6.18 Å². The second-order valence-electron chi connectivity index (χ2n) is 9.48. The summed E-state index contributed by atoms with van der Waals surface area (Å²) < 4.78 is 38.3. The lowest BCUT2D eigenvalue weighted by atomic mass is 10.0. The number of carbonyl (C=O) groups is 1. The monoisotopic (exact) mass is 520 g/mol. The number of rotatable bonds is 7. The molecular weight excluding hydrogens is 489 g/mol. The second-order valence-corrected chi connectivity index (χ2v) is 9.48. The van der Waals surface area contributed by atoms with E-state index in [2.05, 4.69) is 20.1 Å². The molecular formula is C25H31F3N6O3. The Kier molecular flexibility index (Phi) is 8.16. The molecule has 12 heteroatoms. The number of halogens is 3. The Balaban J connectivity index is 1.16. The lowest BCUT2D eigenvalue weighted by molar-refractivity contribution is -0.385. The van der Waals surface area contributed by atoms with Crippen LogP contribution in [0.25, 0.3) is 0 Å². The fourth-order valence-electron chi connectivity index (χ4n) is 4.81. The molecule has 2 aromatic rings. The minimum absolute atomic E-state index is 0.00744. The quantitative estimate of drug-likeness (QED) is 0.437. The van der Waals surface area contributed by atoms with E-state index < -0.39 is 16.7 Å². The maximum atomic E-state index is 12.8. The maximum absolute atomic E-state index is 12.8. The van der Waals surface area contributed by atoms with Crippen LogP contribution in [0.5, 0.6) is 0 Å². The van der Waals surface area contributed by atoms with Gasteiger partial charge in [0.25, 0.3) is 5.69 Å². The Morgan fingerprint density at radius 2 is 1.70 bits per heavy atom. The first-order valence-electron chi connectivity index (χ1n) is 12.4. The standard InChI is InChI=1S/C25H31F3N6O3/c1-18-22(34(36)37)6-7-23(29-18)30-20-8-12-33(13-9-20)24(35)10-11-31-14-16-32(17-15-31)21-4-2-19(3-5-21)25(26,27)28/h2-7,20H,8-17H2,1H3,(H,29,30). The summed E-state index contributed by atoms with van der Waals surface area (Å²) in [5, 5.41) is 14.3. The van der Waals surface area contributed by atoms with Crippen molar-refractivity contribution in [1.82, 2.24) is 14.8 Å². The molecule has 1 aromatic heterocycles. The van der Waals surface area contributed by atoms with Crippen LogP contribution < -0.4 is 10.2 Å². The van der Waals surface area contributed by atoms with Crippen molar-refractivity contribution in [3.05, 3.63) is 57.8 Å². The van der Waals surface area contributed by atoms with E-state index in [9.17, 15) is 28.1 Å². The molecule has 9 nitrogen and oxygen atoms in total. The van der Waals surface area contributed by atoms with E-state index in [0.717, 1.165) is 43.8 Å². The van der Waals surface area contributed by atoms with E-state index in [1.165, 1.54) is 18.2 Å². The molecule has 1 N–H and O–H groups in total. The van der Waals surface area contributed by atoms with Crippen molar-refractivity contribution in [2.24, 2.45) is 0 Å². The molecule has 200 valence electrons. The Bertz CT molecular complexity index is 1100. The number of likely N-dealkylation sites (tertiary alicyclic amines) is 1. The summed E-state index contributed by atoms with van der Waals surface area (Å²) >= 11 is 0. The molecule has 2 aliphatic heterocycles. The van der Waals surface area contributed by atoms with Gasteiger partial charge < -0.3 is 15.1 Å². The molecule has 37 heavy (non-hydrogen) atoms. The van der Waals surface area contributed by atoms with Gasteiger partial charge in [-0.15, -0.1) is 0 Å². The number of hydrogen-bond acceptors (Lipinski definition) is 7. The Morgan fingerprint density at radius 1 is 1.05 bits per heavy atom. The van der Waals surface area contributed by atoms with Crippen molar-refractivity contribution >= 4 is 23.1 Å². The number of amides is 1. The number of carbonyl (C=O) groups excluding carboxylic acids is 1. The summed E-state index contributed by atoms with van der Waals surface area (Å²) in [6.45, 7) is 6.46. The fraction of sp³-hybridized carbons (Fsp3) is 0.520. The molecule has 0 atom stereocenters. The SMILES string of the molecule is Cc1nc(NC2CCN(C(=O)CCN3CCN(c4ccc(C(F)(F)F)cc4)CC3)CC2)ccc1[N+](=O)[O-]. The van der Waals surface area contributed by atoms with Gasteiger partial charge in [-0.1, -0.05) is 0 Å². The molecule has 0 aliphatic carbocycles. The number of piperazine rings is 1. The number of nitrogens with one attached hydrogen (secondary N) is 1. The number of benzene rings is 1. The highest BCUT2D eigenvalue weighted by Gasteiger charge is 2.30. The van der Waals surface area contributed by atoms with Crippen LogP contribution >= 0.6 is 0 Å². The van der Waals surface area contributed by atoms with Gasteiger partial charge in [-0.05, 0) is 50.1 Å². The van der Waals surface area contributed by atoms with Crippen molar-refractivity contribution in [2.75, 3.05) is 56.0 Å². The third kappa shape index (κ3) is 6.88. The summed E-state index contributed by atoms with van der Waals surface area (Å²) in [4.78, 5) is 33.7. The minimum atomic E-state index is -4.33. The Labute approximate surface area is 213 Å². The van der Waals surface area contributed by atoms with Crippen molar-refractivity contribution in [1.29, 1.82) is 0 Å². The minimum Gasteiger partial charge on any atom is -0.369 e. The topological polar surface area (TPSA) is 94.9 Å². The highest BCUT2D eigenvalue weighted by molar-refractivity contribution is 5.76. The van der Waals surface area contributed by atoms with Crippen molar-refractivity contribution in [3.63, 3.8) is 0 Å². The predicted octanol–water partition coefficient (Wildman–Crippen LogP) is 3.93. The number of anilines is 2. The van der Waals surface area contributed by atoms with Crippen molar-refractivity contribution < 1.29 is 22.9 Å². The van der Waals surface area contributed by atoms with Gasteiger partial charge in [-0.2, -0.15) is 13.2 Å². The summed E-state index contributed by atoms with van der Waals surface area (Å²) in [7, 11) is 0. The molecule has 1 aromatic carbocycles. The molecule has 1 amide bonds. The van der Waals surface area contributed by atoms with Gasteiger partial charge in [0.15, 0.2) is 0 Å². The molecule has 0 unspecified atom stereocenters. The molecule has 2 saturated heterocycles. The normalized spacial score (nSPS) is 17.6. The van der Waals surface area contributed by atoms with E-state index in [1.807, 2.05) is 4.90 Å². The van der Waals surface area contributed by atoms with Gasteiger partial charge in [0.2, 0.25) is 5.91 Å². The summed E-state index contributed by atoms with van der Waals surface area (Å²) in [6, 6.07) is 8.46. The number of aromatic nitrogens is 1. The van der Waals surface area contributed by atoms with Crippen LogP contribution in [0, 0.1) is 17.0 Å². The van der Waals surface area contributed by atoms with E-state index in [1.54, 1.807) is 13.0 Å². The number of pyridine rings is 1. The van der Waals surface area contributed by atoms with Gasteiger partial charge in [0, 0.05) is 70.0 Å². The van der Waals surface area contributed by atoms with Crippen LogP contribution in [0.1, 0.15) is 30.5 Å². The number of nitro groups is 1. The lowest BCUT2D eigenvalue weighted by Gasteiger charge is -2.37. The van der Waals surface area contributed by atoms with Crippen LogP contribution in [0.3, 0.4) is 0 Å². The third-order valence-corrected chi connectivity index (χ3v) is 7.03. The van der Waals surface area contributed by atoms with Crippen molar-refractivity contribution in [2.45, 2.75) is 38.4 Å². The molecule has 2 aliphatic rings. The third-order valence-electron chi connectivity index (χ3n) is 7.03. The number of nitrogens with zero attached hydrogens (tertiary/aromatic N) is 5. The zero-order chi connectivity index (χ0) is 26.6. The van der Waals surface area contributed by atoms with Crippen LogP contribution in [-0.2, 0) is 11.0 Å². The molecule has 4 rings (SSSR count). The maximum Gasteiger partial charge on any atom is 0.416 e. The highest BCUT2D eigenvalue weighted by atomic mass is 19.4. The van der Waals surface area contributed by atoms with Crippen LogP contribution in [0.4, 0.5) is 30.4 Å². The summed E-state index contributed by atoms with van der Waals surface area (Å²) in [5.74, 6) is 0.719. The molecule has 0 bridgehead atoms. The second kappa shape index (κ2) is 11.3. The zero-order valence-corrected chi connectivity index (χ0v) is 20.7. The number of piperidine rings is 1. The predicted molar refractivity (Wildman–Crippen MR) is 134 cm³/mol. The van der Waals surface area contributed by atoms with E-state index in [4.69, 9.17) is 0 Å².